The molecular weight excluding hydrogens is 210 g/mol. The lowest BCUT2D eigenvalue weighted by molar-refractivity contribution is -0.136. The van der Waals surface area contributed by atoms with Crippen LogP contribution in [0, 0.1) is 5.82 Å². The minimum Gasteiger partial charge on any atom is -0.264 e. The van der Waals surface area contributed by atoms with Gasteiger partial charge in [0.05, 0.1) is 5.56 Å². The lowest BCUT2D eigenvalue weighted by atomic mass is 10.1. The summed E-state index contributed by atoms with van der Waals surface area (Å²) in [6.45, 7) is 0. The molecule has 0 aliphatic rings. The molecule has 0 saturated heterocycles. The summed E-state index contributed by atoms with van der Waals surface area (Å²) >= 11 is 0. The van der Waals surface area contributed by atoms with Crippen molar-refractivity contribution in [2.75, 3.05) is 0 Å². The Morgan fingerprint density at radius 1 is 1.13 bits per heavy atom. The third kappa shape index (κ3) is 1.77. The van der Waals surface area contributed by atoms with Crippen molar-refractivity contribution in [2.45, 2.75) is 6.18 Å². The van der Waals surface area contributed by atoms with Crippen molar-refractivity contribution in [3.63, 3.8) is 0 Å². The molecule has 2 rings (SSSR count). The molecular formula is C10H5F4N. The molecule has 15 heavy (non-hydrogen) atoms. The molecule has 1 aromatic carbocycles. The van der Waals surface area contributed by atoms with Gasteiger partial charge in [0, 0.05) is 17.8 Å². The fourth-order valence-electron chi connectivity index (χ4n) is 1.40. The van der Waals surface area contributed by atoms with Gasteiger partial charge in [-0.15, -0.1) is 0 Å². The standard InChI is InChI=1S/C10H5F4N/c11-7-3-6-1-2-15-5-8(6)9(4-7)10(12,13)14/h1-5H. The van der Waals surface area contributed by atoms with E-state index in [1.807, 2.05) is 0 Å². The summed E-state index contributed by atoms with van der Waals surface area (Å²) in [4.78, 5) is 3.59. The summed E-state index contributed by atoms with van der Waals surface area (Å²) in [7, 11) is 0. The fraction of sp³-hybridized carbons (Fsp3) is 0.100. The van der Waals surface area contributed by atoms with Gasteiger partial charge in [0.2, 0.25) is 0 Å². The molecule has 1 nitrogen and oxygen atoms in total. The van der Waals surface area contributed by atoms with Crippen molar-refractivity contribution >= 4 is 10.8 Å². The number of pyridine rings is 1. The van der Waals surface area contributed by atoms with E-state index in [4.69, 9.17) is 0 Å². The highest BCUT2D eigenvalue weighted by atomic mass is 19.4. The van der Waals surface area contributed by atoms with Crippen molar-refractivity contribution in [3.8, 4) is 0 Å². The van der Waals surface area contributed by atoms with E-state index in [-0.39, 0.29) is 10.8 Å². The summed E-state index contributed by atoms with van der Waals surface area (Å²) in [5, 5.41) is 0.101. The highest BCUT2D eigenvalue weighted by Gasteiger charge is 2.33. The smallest absolute Gasteiger partial charge is 0.264 e. The van der Waals surface area contributed by atoms with Gasteiger partial charge in [0.1, 0.15) is 5.82 Å². The summed E-state index contributed by atoms with van der Waals surface area (Å²) in [6, 6.07) is 2.86. The number of aromatic nitrogens is 1. The molecule has 0 bridgehead atoms. The maximum absolute atomic E-state index is 12.9. The van der Waals surface area contributed by atoms with E-state index < -0.39 is 17.6 Å². The first-order valence-corrected chi connectivity index (χ1v) is 4.09. The molecule has 0 aliphatic carbocycles. The molecule has 5 heteroatoms. The Hall–Kier alpha value is -1.65. The number of halogens is 4. The quantitative estimate of drug-likeness (QED) is 0.614. The first-order chi connectivity index (χ1) is 6.98. The van der Waals surface area contributed by atoms with Gasteiger partial charge in [-0.05, 0) is 23.6 Å². The van der Waals surface area contributed by atoms with Crippen LogP contribution < -0.4 is 0 Å². The topological polar surface area (TPSA) is 12.9 Å². The average Bonchev–Trinajstić information content (AvgIpc) is 2.15. The van der Waals surface area contributed by atoms with Gasteiger partial charge in [-0.1, -0.05) is 0 Å². The molecule has 0 amide bonds. The minimum absolute atomic E-state index is 0.0913. The Balaban J connectivity index is 2.83. The molecule has 0 radical (unpaired) electrons. The van der Waals surface area contributed by atoms with Crippen LogP contribution in [0.15, 0.2) is 30.6 Å². The molecule has 0 aliphatic heterocycles. The van der Waals surface area contributed by atoms with Gasteiger partial charge in [-0.3, -0.25) is 4.98 Å². The average molecular weight is 215 g/mol. The molecule has 0 saturated carbocycles. The zero-order valence-electron chi connectivity index (χ0n) is 7.35. The SMILES string of the molecule is Fc1cc(C(F)(F)F)c2cnccc2c1. The molecule has 2 aromatic rings. The molecule has 1 heterocycles. The predicted octanol–water partition coefficient (Wildman–Crippen LogP) is 3.39. The van der Waals surface area contributed by atoms with Crippen LogP contribution in [0.1, 0.15) is 5.56 Å². The lowest BCUT2D eigenvalue weighted by Crippen LogP contribution is -2.06. The molecule has 78 valence electrons. The Kier molecular flexibility index (Phi) is 2.10. The normalized spacial score (nSPS) is 12.0. The molecule has 1 aromatic heterocycles. The van der Waals surface area contributed by atoms with Crippen molar-refractivity contribution < 1.29 is 17.6 Å². The van der Waals surface area contributed by atoms with Gasteiger partial charge < -0.3 is 0 Å². The van der Waals surface area contributed by atoms with E-state index in [1.165, 1.54) is 12.3 Å². The largest absolute Gasteiger partial charge is 0.417 e. The van der Waals surface area contributed by atoms with Crippen molar-refractivity contribution in [1.29, 1.82) is 0 Å². The number of nitrogens with zero attached hydrogens (tertiary/aromatic N) is 1. The van der Waals surface area contributed by atoms with Crippen LogP contribution in [-0.2, 0) is 6.18 Å². The van der Waals surface area contributed by atoms with E-state index in [1.54, 1.807) is 0 Å². The Labute approximate surface area is 82.4 Å². The third-order valence-electron chi connectivity index (χ3n) is 2.03. The molecule has 0 atom stereocenters. The molecule has 0 fully saturated rings. The zero-order valence-corrected chi connectivity index (χ0v) is 7.35. The van der Waals surface area contributed by atoms with Crippen molar-refractivity contribution in [3.05, 3.63) is 42.0 Å². The number of alkyl halides is 3. The number of fused-ring (bicyclic) bond motifs is 1. The monoisotopic (exact) mass is 215 g/mol. The first kappa shape index (κ1) is 9.89. The Bertz CT molecular complexity index is 504. The van der Waals surface area contributed by atoms with Crippen LogP contribution in [0.3, 0.4) is 0 Å². The highest BCUT2D eigenvalue weighted by Crippen LogP contribution is 2.34. The van der Waals surface area contributed by atoms with Gasteiger partial charge in [0.25, 0.3) is 0 Å². The van der Waals surface area contributed by atoms with Crippen molar-refractivity contribution in [1.82, 2.24) is 4.98 Å². The maximum atomic E-state index is 12.9. The Morgan fingerprint density at radius 3 is 2.53 bits per heavy atom. The van der Waals surface area contributed by atoms with Gasteiger partial charge in [-0.2, -0.15) is 13.2 Å². The van der Waals surface area contributed by atoms with E-state index in [0.717, 1.165) is 12.3 Å². The predicted molar refractivity (Wildman–Crippen MR) is 46.7 cm³/mol. The highest BCUT2D eigenvalue weighted by molar-refractivity contribution is 5.85. The second-order valence-corrected chi connectivity index (χ2v) is 3.05. The number of hydrogen-bond acceptors (Lipinski definition) is 1. The summed E-state index contributed by atoms with van der Waals surface area (Å²) < 4.78 is 50.4. The van der Waals surface area contributed by atoms with Crippen LogP contribution in [-0.4, -0.2) is 4.98 Å². The van der Waals surface area contributed by atoms with Gasteiger partial charge in [0.15, 0.2) is 0 Å². The van der Waals surface area contributed by atoms with E-state index in [2.05, 4.69) is 4.98 Å². The minimum atomic E-state index is -4.57. The van der Waals surface area contributed by atoms with Crippen LogP contribution in [0.5, 0.6) is 0 Å². The van der Waals surface area contributed by atoms with Crippen LogP contribution in [0.2, 0.25) is 0 Å². The zero-order chi connectivity index (χ0) is 11.1. The second-order valence-electron chi connectivity index (χ2n) is 3.05. The molecule has 0 unspecified atom stereocenters. The van der Waals surface area contributed by atoms with Crippen LogP contribution >= 0.6 is 0 Å². The van der Waals surface area contributed by atoms with Crippen molar-refractivity contribution in [2.24, 2.45) is 0 Å². The fourth-order valence-corrected chi connectivity index (χ4v) is 1.40. The van der Waals surface area contributed by atoms with Crippen LogP contribution in [0.4, 0.5) is 17.6 Å². The lowest BCUT2D eigenvalue weighted by Gasteiger charge is -2.09. The summed E-state index contributed by atoms with van der Waals surface area (Å²) in [5.41, 5.74) is -0.995. The van der Waals surface area contributed by atoms with E-state index >= 15 is 0 Å². The van der Waals surface area contributed by atoms with Crippen LogP contribution in [0.25, 0.3) is 10.8 Å². The van der Waals surface area contributed by atoms with Gasteiger partial charge in [-0.25, -0.2) is 4.39 Å². The van der Waals surface area contributed by atoms with Gasteiger partial charge >= 0.3 is 6.18 Å². The second kappa shape index (κ2) is 3.18. The summed E-state index contributed by atoms with van der Waals surface area (Å²) in [5.74, 6) is -0.902. The van der Waals surface area contributed by atoms with E-state index in [0.29, 0.717) is 6.07 Å². The summed E-state index contributed by atoms with van der Waals surface area (Å²) in [6.07, 6.45) is -2.16. The maximum Gasteiger partial charge on any atom is 0.417 e. The van der Waals surface area contributed by atoms with E-state index in [9.17, 15) is 17.6 Å². The third-order valence-corrected chi connectivity index (χ3v) is 2.03. The molecule has 0 N–H and O–H groups in total. The first-order valence-electron chi connectivity index (χ1n) is 4.09. The number of rotatable bonds is 0. The Morgan fingerprint density at radius 2 is 1.87 bits per heavy atom. The molecule has 0 spiro atoms. The number of hydrogen-bond donors (Lipinski definition) is 0. The number of benzene rings is 1.